The van der Waals surface area contributed by atoms with E-state index in [9.17, 15) is 8.42 Å². The van der Waals surface area contributed by atoms with Crippen LogP contribution < -0.4 is 10.0 Å². The number of nitrogens with zero attached hydrogens (tertiary/aromatic N) is 4. The lowest BCUT2D eigenvalue weighted by atomic mass is 9.85. The van der Waals surface area contributed by atoms with Crippen LogP contribution in [0, 0.1) is 0 Å². The molecule has 0 bridgehead atoms. The summed E-state index contributed by atoms with van der Waals surface area (Å²) in [7, 11) is -3.76. The summed E-state index contributed by atoms with van der Waals surface area (Å²) in [4.78, 5) is 6.95. The van der Waals surface area contributed by atoms with E-state index >= 15 is 0 Å². The molecule has 1 saturated heterocycles. The maximum absolute atomic E-state index is 13.0. The standard InChI is InChI=1S/C20H29BrN6O3S/c1-2-4-27-5-3-16(25-27)14-23-31(28,29)19-10-15(21)13-22-20(19)24-17-11-18(12-17)26-6-8-30-9-7-26/h3,5,10,13,17-18,23H,2,4,6-9,11-12,14H2,1H3,(H,22,24). The molecule has 9 nitrogen and oxygen atoms in total. The summed E-state index contributed by atoms with van der Waals surface area (Å²) in [5, 5.41) is 7.74. The molecular formula is C20H29BrN6O3S. The van der Waals surface area contributed by atoms with E-state index in [4.69, 9.17) is 4.74 Å². The maximum Gasteiger partial charge on any atom is 0.244 e. The van der Waals surface area contributed by atoms with E-state index in [1.54, 1.807) is 12.3 Å². The van der Waals surface area contributed by atoms with Crippen molar-refractivity contribution in [3.8, 4) is 0 Å². The third kappa shape index (κ3) is 5.64. The van der Waals surface area contributed by atoms with Crippen LogP contribution in [-0.4, -0.2) is 66.5 Å². The topological polar surface area (TPSA) is 101 Å². The molecule has 170 valence electrons. The zero-order valence-electron chi connectivity index (χ0n) is 17.6. The Balaban J connectivity index is 1.39. The third-order valence-corrected chi connectivity index (χ3v) is 7.57. The van der Waals surface area contributed by atoms with Gasteiger partial charge in [0.25, 0.3) is 0 Å². The minimum atomic E-state index is -3.76. The molecule has 31 heavy (non-hydrogen) atoms. The fourth-order valence-corrected chi connectivity index (χ4v) is 5.60. The van der Waals surface area contributed by atoms with E-state index in [0.29, 0.717) is 22.0 Å². The highest BCUT2D eigenvalue weighted by Gasteiger charge is 2.35. The van der Waals surface area contributed by atoms with Crippen molar-refractivity contribution in [2.75, 3.05) is 31.6 Å². The largest absolute Gasteiger partial charge is 0.379 e. The number of aromatic nitrogens is 3. The van der Waals surface area contributed by atoms with E-state index in [2.05, 4.69) is 47.9 Å². The van der Waals surface area contributed by atoms with Crippen LogP contribution in [0.2, 0.25) is 0 Å². The second kappa shape index (κ2) is 9.95. The first-order chi connectivity index (χ1) is 14.9. The van der Waals surface area contributed by atoms with Gasteiger partial charge in [0.05, 0.1) is 25.5 Å². The van der Waals surface area contributed by atoms with E-state index in [-0.39, 0.29) is 17.5 Å². The van der Waals surface area contributed by atoms with E-state index in [1.165, 1.54) is 0 Å². The first-order valence-electron chi connectivity index (χ1n) is 10.7. The molecule has 11 heteroatoms. The smallest absolute Gasteiger partial charge is 0.244 e. The molecule has 0 aromatic carbocycles. The van der Waals surface area contributed by atoms with Crippen molar-refractivity contribution in [3.05, 3.63) is 34.7 Å². The van der Waals surface area contributed by atoms with Crippen molar-refractivity contribution in [1.82, 2.24) is 24.4 Å². The van der Waals surface area contributed by atoms with Gasteiger partial charge in [-0.25, -0.2) is 18.1 Å². The number of nitrogens with one attached hydrogen (secondary N) is 2. The van der Waals surface area contributed by atoms with Crippen LogP contribution >= 0.6 is 15.9 Å². The van der Waals surface area contributed by atoms with Crippen molar-refractivity contribution in [2.45, 2.75) is 56.3 Å². The summed E-state index contributed by atoms with van der Waals surface area (Å²) in [6.45, 7) is 6.51. The Morgan fingerprint density at radius 2 is 2.06 bits per heavy atom. The normalized spacial score (nSPS) is 22.3. The summed E-state index contributed by atoms with van der Waals surface area (Å²) in [6, 6.07) is 4.15. The lowest BCUT2D eigenvalue weighted by molar-refractivity contribution is -0.00441. The average Bonchev–Trinajstić information content (AvgIpc) is 3.18. The molecule has 1 saturated carbocycles. The molecule has 2 aliphatic rings. The van der Waals surface area contributed by atoms with Gasteiger partial charge in [-0.05, 0) is 47.3 Å². The minimum absolute atomic E-state index is 0.132. The second-order valence-electron chi connectivity index (χ2n) is 8.01. The third-order valence-electron chi connectivity index (χ3n) is 5.72. The van der Waals surface area contributed by atoms with Crippen LogP contribution in [0.5, 0.6) is 0 Å². The number of hydrogen-bond donors (Lipinski definition) is 2. The predicted molar refractivity (Wildman–Crippen MR) is 121 cm³/mol. The summed E-state index contributed by atoms with van der Waals surface area (Å²) in [5.74, 6) is 0.387. The molecule has 0 radical (unpaired) electrons. The van der Waals surface area contributed by atoms with Crippen molar-refractivity contribution in [1.29, 1.82) is 0 Å². The minimum Gasteiger partial charge on any atom is -0.379 e. The average molecular weight is 513 g/mol. The molecule has 0 amide bonds. The van der Waals surface area contributed by atoms with Gasteiger partial charge in [-0.3, -0.25) is 9.58 Å². The highest BCUT2D eigenvalue weighted by molar-refractivity contribution is 9.10. The molecule has 2 N–H and O–H groups in total. The molecule has 0 unspecified atom stereocenters. The van der Waals surface area contributed by atoms with Gasteiger partial charge in [0.2, 0.25) is 10.0 Å². The Morgan fingerprint density at radius 1 is 1.29 bits per heavy atom. The number of aryl methyl sites for hydroxylation is 1. The van der Waals surface area contributed by atoms with Gasteiger partial charge in [0, 0.05) is 48.6 Å². The molecule has 2 aromatic rings. The van der Waals surface area contributed by atoms with Gasteiger partial charge in [-0.2, -0.15) is 5.10 Å². The molecule has 4 rings (SSSR count). The Labute approximate surface area is 191 Å². The summed E-state index contributed by atoms with van der Waals surface area (Å²) in [6.07, 6.45) is 6.40. The van der Waals surface area contributed by atoms with Gasteiger partial charge >= 0.3 is 0 Å². The van der Waals surface area contributed by atoms with Gasteiger partial charge in [0.15, 0.2) is 0 Å². The first-order valence-corrected chi connectivity index (χ1v) is 13.0. The van der Waals surface area contributed by atoms with Crippen molar-refractivity contribution < 1.29 is 13.2 Å². The monoisotopic (exact) mass is 512 g/mol. The number of halogens is 1. The number of sulfonamides is 1. The Bertz CT molecular complexity index is 987. The van der Waals surface area contributed by atoms with Gasteiger partial charge in [-0.15, -0.1) is 0 Å². The van der Waals surface area contributed by atoms with Gasteiger partial charge in [-0.1, -0.05) is 6.92 Å². The van der Waals surface area contributed by atoms with Crippen molar-refractivity contribution in [3.63, 3.8) is 0 Å². The molecule has 0 atom stereocenters. The van der Waals surface area contributed by atoms with E-state index in [1.807, 2.05) is 16.9 Å². The number of morpholine rings is 1. The molecule has 3 heterocycles. The fraction of sp³-hybridized carbons (Fsp3) is 0.600. The number of rotatable bonds is 9. The Morgan fingerprint density at radius 3 is 2.81 bits per heavy atom. The van der Waals surface area contributed by atoms with Gasteiger partial charge < -0.3 is 10.1 Å². The Kier molecular flexibility index (Phi) is 7.27. The van der Waals surface area contributed by atoms with Crippen molar-refractivity contribution >= 4 is 31.8 Å². The fourth-order valence-electron chi connectivity index (χ4n) is 3.97. The summed E-state index contributed by atoms with van der Waals surface area (Å²) in [5.41, 5.74) is 0.682. The highest BCUT2D eigenvalue weighted by atomic mass is 79.9. The van der Waals surface area contributed by atoms with Crippen LogP contribution in [0.3, 0.4) is 0 Å². The number of hydrogen-bond acceptors (Lipinski definition) is 7. The zero-order chi connectivity index (χ0) is 21.8. The maximum atomic E-state index is 13.0. The van der Waals surface area contributed by atoms with Crippen LogP contribution in [0.25, 0.3) is 0 Å². The second-order valence-corrected chi connectivity index (χ2v) is 10.7. The summed E-state index contributed by atoms with van der Waals surface area (Å²) < 4.78 is 36.6. The van der Waals surface area contributed by atoms with E-state index < -0.39 is 10.0 Å². The molecule has 1 aliphatic heterocycles. The predicted octanol–water partition coefficient (Wildman–Crippen LogP) is 2.20. The molecular weight excluding hydrogens is 484 g/mol. The Hall–Kier alpha value is -1.53. The molecule has 2 fully saturated rings. The molecule has 1 aliphatic carbocycles. The van der Waals surface area contributed by atoms with Crippen molar-refractivity contribution in [2.24, 2.45) is 0 Å². The number of ether oxygens (including phenoxy) is 1. The lowest BCUT2D eigenvalue weighted by Gasteiger charge is -2.44. The zero-order valence-corrected chi connectivity index (χ0v) is 20.0. The molecule has 2 aromatic heterocycles. The highest BCUT2D eigenvalue weighted by Crippen LogP contribution is 2.31. The van der Waals surface area contributed by atoms with Crippen LogP contribution in [0.15, 0.2) is 33.9 Å². The van der Waals surface area contributed by atoms with Crippen LogP contribution in [-0.2, 0) is 27.8 Å². The van der Waals surface area contributed by atoms with Crippen LogP contribution in [0.1, 0.15) is 31.9 Å². The summed E-state index contributed by atoms with van der Waals surface area (Å²) >= 11 is 3.35. The van der Waals surface area contributed by atoms with Crippen LogP contribution in [0.4, 0.5) is 5.82 Å². The lowest BCUT2D eigenvalue weighted by Crippen LogP contribution is -2.53. The number of pyridine rings is 1. The van der Waals surface area contributed by atoms with E-state index in [0.717, 1.165) is 52.1 Å². The molecule has 0 spiro atoms. The quantitative estimate of drug-likeness (QED) is 0.530. The van der Waals surface area contributed by atoms with Gasteiger partial charge in [0.1, 0.15) is 10.7 Å². The number of anilines is 1. The SMILES string of the molecule is CCCn1ccc(CNS(=O)(=O)c2cc(Br)cnc2NC2CC(N3CCOCC3)C2)n1. The first kappa shape index (κ1) is 22.7.